The van der Waals surface area contributed by atoms with Gasteiger partial charge in [0.05, 0.1) is 12.6 Å². The number of rotatable bonds is 7. The summed E-state index contributed by atoms with van der Waals surface area (Å²) in [6, 6.07) is 1.66. The molecule has 1 aromatic rings. The van der Waals surface area contributed by atoms with Crippen LogP contribution in [0.2, 0.25) is 0 Å². The van der Waals surface area contributed by atoms with E-state index in [-0.39, 0.29) is 24.5 Å². The highest BCUT2D eigenvalue weighted by Crippen LogP contribution is 2.21. The molecule has 2 N–H and O–H groups in total. The summed E-state index contributed by atoms with van der Waals surface area (Å²) in [6.45, 7) is 6.17. The number of thiophene rings is 1. The van der Waals surface area contributed by atoms with E-state index in [1.807, 2.05) is 16.8 Å². The van der Waals surface area contributed by atoms with Crippen LogP contribution >= 0.6 is 11.3 Å². The molecule has 2 unspecified atom stereocenters. The van der Waals surface area contributed by atoms with Gasteiger partial charge in [0.2, 0.25) is 5.91 Å². The third-order valence-electron chi connectivity index (χ3n) is 3.19. The van der Waals surface area contributed by atoms with Gasteiger partial charge in [0.25, 0.3) is 0 Å². The Morgan fingerprint density at radius 2 is 2.22 bits per heavy atom. The molecule has 0 aliphatic heterocycles. The summed E-state index contributed by atoms with van der Waals surface area (Å²) in [7, 11) is 0. The van der Waals surface area contributed by atoms with Crippen LogP contribution in [-0.4, -0.2) is 17.6 Å². The smallest absolute Gasteiger partial charge is 0.223 e. The van der Waals surface area contributed by atoms with Crippen LogP contribution in [0.4, 0.5) is 0 Å². The molecule has 0 aromatic carbocycles. The van der Waals surface area contributed by atoms with E-state index in [0.717, 1.165) is 18.4 Å². The summed E-state index contributed by atoms with van der Waals surface area (Å²) in [5.41, 5.74) is 0.981. The lowest BCUT2D eigenvalue weighted by Crippen LogP contribution is -2.37. The van der Waals surface area contributed by atoms with E-state index in [1.54, 1.807) is 11.3 Å². The molecule has 0 aliphatic carbocycles. The van der Waals surface area contributed by atoms with Crippen molar-refractivity contribution in [3.63, 3.8) is 0 Å². The molecule has 4 heteroatoms. The van der Waals surface area contributed by atoms with E-state index < -0.39 is 0 Å². The third kappa shape index (κ3) is 4.10. The Labute approximate surface area is 113 Å². The minimum absolute atomic E-state index is 0.0303. The van der Waals surface area contributed by atoms with Crippen molar-refractivity contribution in [3.05, 3.63) is 22.4 Å². The van der Waals surface area contributed by atoms with Crippen molar-refractivity contribution >= 4 is 17.2 Å². The lowest BCUT2D eigenvalue weighted by Gasteiger charge is -2.23. The SMILES string of the molecule is CCCC(C(=O)NC(CO)c1ccsc1)C(C)C. The maximum absolute atomic E-state index is 12.2. The zero-order chi connectivity index (χ0) is 13.5. The molecule has 102 valence electrons. The minimum atomic E-state index is -0.276. The molecule has 0 spiro atoms. The molecule has 1 heterocycles. The Hall–Kier alpha value is -0.870. The Bertz CT molecular complexity index is 349. The first-order chi connectivity index (χ1) is 8.60. The van der Waals surface area contributed by atoms with Gasteiger partial charge in [0.1, 0.15) is 0 Å². The van der Waals surface area contributed by atoms with Crippen LogP contribution in [0.25, 0.3) is 0 Å². The van der Waals surface area contributed by atoms with Gasteiger partial charge in [-0.3, -0.25) is 4.79 Å². The fourth-order valence-corrected chi connectivity index (χ4v) is 2.78. The summed E-state index contributed by atoms with van der Waals surface area (Å²) < 4.78 is 0. The first-order valence-electron chi connectivity index (χ1n) is 6.53. The second kappa shape index (κ2) is 7.54. The van der Waals surface area contributed by atoms with Crippen LogP contribution in [0, 0.1) is 11.8 Å². The number of hydrogen-bond donors (Lipinski definition) is 2. The standard InChI is InChI=1S/C14H23NO2S/c1-4-5-12(10(2)3)14(17)15-13(8-16)11-6-7-18-9-11/h6-7,9-10,12-13,16H,4-5,8H2,1-3H3,(H,15,17). The number of amides is 1. The predicted molar refractivity (Wildman–Crippen MR) is 75.5 cm³/mol. The fourth-order valence-electron chi connectivity index (χ4n) is 2.06. The monoisotopic (exact) mass is 269 g/mol. The minimum Gasteiger partial charge on any atom is -0.394 e. The highest BCUT2D eigenvalue weighted by molar-refractivity contribution is 7.07. The molecule has 0 radical (unpaired) electrons. The number of hydrogen-bond acceptors (Lipinski definition) is 3. The van der Waals surface area contributed by atoms with Gasteiger partial charge < -0.3 is 10.4 Å². The summed E-state index contributed by atoms with van der Waals surface area (Å²) in [6.07, 6.45) is 1.89. The largest absolute Gasteiger partial charge is 0.394 e. The molecule has 0 aliphatic rings. The van der Waals surface area contributed by atoms with Gasteiger partial charge in [-0.2, -0.15) is 11.3 Å². The molecule has 1 amide bonds. The van der Waals surface area contributed by atoms with Gasteiger partial charge in [-0.1, -0.05) is 27.2 Å². The van der Waals surface area contributed by atoms with Gasteiger partial charge in [-0.05, 0) is 34.7 Å². The van der Waals surface area contributed by atoms with E-state index in [1.165, 1.54) is 0 Å². The number of carbonyl (C=O) groups is 1. The number of carbonyl (C=O) groups excluding carboxylic acids is 1. The summed E-state index contributed by atoms with van der Waals surface area (Å²) >= 11 is 1.57. The predicted octanol–water partition coefficient (Wildman–Crippen LogP) is 2.97. The van der Waals surface area contributed by atoms with E-state index in [2.05, 4.69) is 26.1 Å². The summed E-state index contributed by atoms with van der Waals surface area (Å²) in [5.74, 6) is 0.409. The number of aliphatic hydroxyl groups is 1. The Kier molecular flexibility index (Phi) is 6.36. The average molecular weight is 269 g/mol. The second-order valence-corrected chi connectivity index (χ2v) is 5.72. The quantitative estimate of drug-likeness (QED) is 0.799. The molecule has 0 saturated heterocycles. The molecule has 2 atom stereocenters. The summed E-state index contributed by atoms with van der Waals surface area (Å²) in [4.78, 5) is 12.2. The molecule has 3 nitrogen and oxygen atoms in total. The van der Waals surface area contributed by atoms with Gasteiger partial charge in [0.15, 0.2) is 0 Å². The van der Waals surface area contributed by atoms with Crippen LogP contribution in [0.15, 0.2) is 16.8 Å². The molecule has 0 fully saturated rings. The van der Waals surface area contributed by atoms with Crippen molar-refractivity contribution in [3.8, 4) is 0 Å². The molecule has 0 bridgehead atoms. The van der Waals surface area contributed by atoms with Gasteiger partial charge in [-0.25, -0.2) is 0 Å². The highest BCUT2D eigenvalue weighted by atomic mass is 32.1. The Balaban J connectivity index is 2.66. The first kappa shape index (κ1) is 15.2. The molecular formula is C14H23NO2S. The van der Waals surface area contributed by atoms with Crippen molar-refractivity contribution in [1.29, 1.82) is 0 Å². The van der Waals surface area contributed by atoms with E-state index in [4.69, 9.17) is 0 Å². The molecular weight excluding hydrogens is 246 g/mol. The molecule has 1 rings (SSSR count). The van der Waals surface area contributed by atoms with Crippen LogP contribution in [0.3, 0.4) is 0 Å². The number of nitrogens with one attached hydrogen (secondary N) is 1. The normalized spacial score (nSPS) is 14.5. The maximum atomic E-state index is 12.2. The second-order valence-electron chi connectivity index (χ2n) is 4.94. The summed E-state index contributed by atoms with van der Waals surface area (Å²) in [5, 5.41) is 16.3. The lowest BCUT2D eigenvalue weighted by atomic mass is 9.90. The zero-order valence-corrected chi connectivity index (χ0v) is 12.2. The van der Waals surface area contributed by atoms with Crippen LogP contribution < -0.4 is 5.32 Å². The highest BCUT2D eigenvalue weighted by Gasteiger charge is 2.24. The van der Waals surface area contributed by atoms with Crippen molar-refractivity contribution in [2.45, 2.75) is 39.7 Å². The van der Waals surface area contributed by atoms with Crippen molar-refractivity contribution in [2.24, 2.45) is 11.8 Å². The van der Waals surface area contributed by atoms with Crippen LogP contribution in [-0.2, 0) is 4.79 Å². The molecule has 18 heavy (non-hydrogen) atoms. The van der Waals surface area contributed by atoms with Crippen LogP contribution in [0.5, 0.6) is 0 Å². The number of aliphatic hydroxyl groups excluding tert-OH is 1. The zero-order valence-electron chi connectivity index (χ0n) is 11.3. The van der Waals surface area contributed by atoms with Gasteiger partial charge >= 0.3 is 0 Å². The average Bonchev–Trinajstić information content (AvgIpc) is 2.85. The van der Waals surface area contributed by atoms with E-state index in [0.29, 0.717) is 5.92 Å². The van der Waals surface area contributed by atoms with Gasteiger partial charge in [-0.15, -0.1) is 0 Å². The van der Waals surface area contributed by atoms with Crippen molar-refractivity contribution < 1.29 is 9.90 Å². The molecule has 1 aromatic heterocycles. The molecule has 0 saturated carbocycles. The maximum Gasteiger partial charge on any atom is 0.223 e. The van der Waals surface area contributed by atoms with E-state index in [9.17, 15) is 9.90 Å². The lowest BCUT2D eigenvalue weighted by molar-refractivity contribution is -0.127. The van der Waals surface area contributed by atoms with Crippen LogP contribution in [0.1, 0.15) is 45.2 Å². The Morgan fingerprint density at radius 3 is 2.67 bits per heavy atom. The van der Waals surface area contributed by atoms with Crippen molar-refractivity contribution in [2.75, 3.05) is 6.61 Å². The fraction of sp³-hybridized carbons (Fsp3) is 0.643. The topological polar surface area (TPSA) is 49.3 Å². The van der Waals surface area contributed by atoms with E-state index >= 15 is 0 Å². The van der Waals surface area contributed by atoms with Crippen molar-refractivity contribution in [1.82, 2.24) is 5.32 Å². The third-order valence-corrected chi connectivity index (χ3v) is 3.89. The Morgan fingerprint density at radius 1 is 1.50 bits per heavy atom. The van der Waals surface area contributed by atoms with Gasteiger partial charge in [0, 0.05) is 5.92 Å². The first-order valence-corrected chi connectivity index (χ1v) is 7.47.